The molecule has 7 nitrogen and oxygen atoms in total. The second-order valence-corrected chi connectivity index (χ2v) is 8.11. The van der Waals surface area contributed by atoms with E-state index in [1.807, 2.05) is 4.90 Å². The van der Waals surface area contributed by atoms with Gasteiger partial charge in [-0.15, -0.1) is 0 Å². The lowest BCUT2D eigenvalue weighted by Gasteiger charge is -2.33. The van der Waals surface area contributed by atoms with Crippen LogP contribution in [0.15, 0.2) is 17.2 Å². The van der Waals surface area contributed by atoms with Crippen molar-refractivity contribution in [1.82, 2.24) is 19.4 Å². The van der Waals surface area contributed by atoms with Crippen LogP contribution >= 0.6 is 0 Å². The topological polar surface area (TPSA) is 67.7 Å². The van der Waals surface area contributed by atoms with Gasteiger partial charge in [-0.1, -0.05) is 0 Å². The quantitative estimate of drug-likeness (QED) is 0.745. The van der Waals surface area contributed by atoms with Crippen molar-refractivity contribution in [2.75, 3.05) is 45.9 Å². The molecule has 1 amide bonds. The summed E-state index contributed by atoms with van der Waals surface area (Å²) in [4.78, 5) is 33.2. The SMILES string of the molecule is O=C1CCOCCN1CCN1CCC(Cn2cnc(C3CC3)cc2=O)CC1. The lowest BCUT2D eigenvalue weighted by Crippen LogP contribution is -2.42. The monoisotopic (exact) mass is 374 g/mol. The Morgan fingerprint density at radius 1 is 1.04 bits per heavy atom. The number of amides is 1. The number of ether oxygens (including phenoxy) is 1. The summed E-state index contributed by atoms with van der Waals surface area (Å²) in [6.07, 6.45) is 6.78. The van der Waals surface area contributed by atoms with Crippen LogP contribution in [0.25, 0.3) is 0 Å². The van der Waals surface area contributed by atoms with Gasteiger partial charge in [0.05, 0.1) is 31.7 Å². The Labute approximate surface area is 160 Å². The smallest absolute Gasteiger partial charge is 0.253 e. The molecule has 0 radical (unpaired) electrons. The molecule has 4 rings (SSSR count). The highest BCUT2D eigenvalue weighted by Gasteiger charge is 2.26. The van der Waals surface area contributed by atoms with Gasteiger partial charge >= 0.3 is 0 Å². The van der Waals surface area contributed by atoms with E-state index in [0.29, 0.717) is 38.0 Å². The van der Waals surface area contributed by atoms with Gasteiger partial charge in [0, 0.05) is 38.2 Å². The highest BCUT2D eigenvalue weighted by atomic mass is 16.5. The van der Waals surface area contributed by atoms with Crippen molar-refractivity contribution in [2.45, 2.75) is 44.6 Å². The van der Waals surface area contributed by atoms with E-state index >= 15 is 0 Å². The van der Waals surface area contributed by atoms with E-state index in [1.54, 1.807) is 17.0 Å². The van der Waals surface area contributed by atoms with Crippen molar-refractivity contribution >= 4 is 5.91 Å². The minimum Gasteiger partial charge on any atom is -0.379 e. The number of carbonyl (C=O) groups is 1. The first-order chi connectivity index (χ1) is 13.2. The molecule has 0 spiro atoms. The Bertz CT molecular complexity index is 707. The molecule has 0 unspecified atom stereocenters. The summed E-state index contributed by atoms with van der Waals surface area (Å²) in [5.74, 6) is 1.27. The molecule has 148 valence electrons. The van der Waals surface area contributed by atoms with Crippen LogP contribution in [0.5, 0.6) is 0 Å². The molecule has 1 aromatic heterocycles. The van der Waals surface area contributed by atoms with Crippen molar-refractivity contribution < 1.29 is 9.53 Å². The fourth-order valence-corrected chi connectivity index (χ4v) is 4.07. The zero-order valence-electron chi connectivity index (χ0n) is 16.0. The number of rotatable bonds is 6. The third kappa shape index (κ3) is 4.96. The number of hydrogen-bond acceptors (Lipinski definition) is 5. The van der Waals surface area contributed by atoms with Crippen LogP contribution in [0.4, 0.5) is 0 Å². The van der Waals surface area contributed by atoms with Crippen molar-refractivity contribution in [1.29, 1.82) is 0 Å². The van der Waals surface area contributed by atoms with Crippen molar-refractivity contribution in [3.8, 4) is 0 Å². The number of hydrogen-bond donors (Lipinski definition) is 0. The zero-order valence-corrected chi connectivity index (χ0v) is 16.0. The van der Waals surface area contributed by atoms with E-state index < -0.39 is 0 Å². The first kappa shape index (κ1) is 18.6. The zero-order chi connectivity index (χ0) is 18.6. The molecule has 3 fully saturated rings. The summed E-state index contributed by atoms with van der Waals surface area (Å²) in [6, 6.07) is 1.73. The summed E-state index contributed by atoms with van der Waals surface area (Å²) < 4.78 is 7.16. The second-order valence-electron chi connectivity index (χ2n) is 8.11. The van der Waals surface area contributed by atoms with Crippen LogP contribution < -0.4 is 5.56 Å². The van der Waals surface area contributed by atoms with Gasteiger partial charge in [-0.2, -0.15) is 0 Å². The fourth-order valence-electron chi connectivity index (χ4n) is 4.07. The molecule has 1 aliphatic carbocycles. The van der Waals surface area contributed by atoms with Crippen molar-refractivity contribution in [2.24, 2.45) is 5.92 Å². The Hall–Kier alpha value is -1.73. The Morgan fingerprint density at radius 2 is 1.85 bits per heavy atom. The molecule has 7 heteroatoms. The number of piperidine rings is 1. The van der Waals surface area contributed by atoms with Crippen molar-refractivity contribution in [3.05, 3.63) is 28.4 Å². The number of nitrogens with zero attached hydrogens (tertiary/aromatic N) is 4. The Balaban J connectivity index is 1.22. The summed E-state index contributed by atoms with van der Waals surface area (Å²) in [5.41, 5.74) is 1.07. The molecule has 0 N–H and O–H groups in total. The average Bonchev–Trinajstić information content (AvgIpc) is 3.52. The van der Waals surface area contributed by atoms with Crippen LogP contribution in [0, 0.1) is 5.92 Å². The highest BCUT2D eigenvalue weighted by Crippen LogP contribution is 2.38. The predicted molar refractivity (Wildman–Crippen MR) is 102 cm³/mol. The molecule has 3 heterocycles. The normalized spacial score (nSPS) is 22.8. The minimum atomic E-state index is 0.0937. The maximum Gasteiger partial charge on any atom is 0.253 e. The summed E-state index contributed by atoms with van der Waals surface area (Å²) in [6.45, 7) is 6.47. The highest BCUT2D eigenvalue weighted by molar-refractivity contribution is 5.76. The molecule has 1 saturated carbocycles. The summed E-state index contributed by atoms with van der Waals surface area (Å²) in [5, 5.41) is 0. The molecule has 0 aromatic carbocycles. The van der Waals surface area contributed by atoms with Gasteiger partial charge in [0.2, 0.25) is 5.91 Å². The van der Waals surface area contributed by atoms with Gasteiger partial charge < -0.3 is 14.5 Å². The van der Waals surface area contributed by atoms with Crippen molar-refractivity contribution in [3.63, 3.8) is 0 Å². The first-order valence-electron chi connectivity index (χ1n) is 10.3. The lowest BCUT2D eigenvalue weighted by molar-refractivity contribution is -0.130. The van der Waals surface area contributed by atoms with Gasteiger partial charge in [0.25, 0.3) is 5.56 Å². The molecule has 1 aromatic rings. The molecular formula is C20H30N4O3. The first-order valence-corrected chi connectivity index (χ1v) is 10.3. The molecule has 27 heavy (non-hydrogen) atoms. The molecule has 0 bridgehead atoms. The van der Waals surface area contributed by atoms with Gasteiger partial charge in [0.15, 0.2) is 0 Å². The van der Waals surface area contributed by atoms with Crippen LogP contribution in [0.2, 0.25) is 0 Å². The minimum absolute atomic E-state index is 0.0937. The van der Waals surface area contributed by atoms with E-state index in [4.69, 9.17) is 4.74 Å². The van der Waals surface area contributed by atoms with E-state index in [-0.39, 0.29) is 11.5 Å². The molecule has 2 aliphatic heterocycles. The lowest BCUT2D eigenvalue weighted by atomic mass is 9.96. The Kier molecular flexibility index (Phi) is 5.88. The van der Waals surface area contributed by atoms with Crippen LogP contribution in [-0.2, 0) is 16.1 Å². The average molecular weight is 374 g/mol. The molecule has 0 atom stereocenters. The third-order valence-corrected chi connectivity index (χ3v) is 6.06. The maximum atomic E-state index is 12.3. The summed E-state index contributed by atoms with van der Waals surface area (Å²) in [7, 11) is 0. The largest absolute Gasteiger partial charge is 0.379 e. The van der Waals surface area contributed by atoms with Crippen LogP contribution in [0.1, 0.15) is 43.7 Å². The van der Waals surface area contributed by atoms with E-state index in [9.17, 15) is 9.59 Å². The number of carbonyl (C=O) groups excluding carboxylic acids is 1. The number of aromatic nitrogens is 2. The second kappa shape index (κ2) is 8.52. The molecule has 2 saturated heterocycles. The Morgan fingerprint density at radius 3 is 2.59 bits per heavy atom. The predicted octanol–water partition coefficient (Wildman–Crippen LogP) is 1.08. The standard InChI is InChI=1S/C20H30N4O3/c25-19-5-11-27-12-10-23(19)9-8-22-6-3-16(4-7-22)14-24-15-21-18(13-20(24)26)17-1-2-17/h13,15-17H,1-12,14H2. The van der Waals surface area contributed by atoms with Gasteiger partial charge in [-0.05, 0) is 44.7 Å². The molecule has 3 aliphatic rings. The number of likely N-dealkylation sites (tertiary alicyclic amines) is 1. The van der Waals surface area contributed by atoms with Crippen LogP contribution in [-0.4, -0.2) is 71.2 Å². The maximum absolute atomic E-state index is 12.3. The van der Waals surface area contributed by atoms with Crippen LogP contribution in [0.3, 0.4) is 0 Å². The third-order valence-electron chi connectivity index (χ3n) is 6.06. The summed E-state index contributed by atoms with van der Waals surface area (Å²) >= 11 is 0. The van der Waals surface area contributed by atoms with E-state index in [1.165, 1.54) is 12.8 Å². The molecular weight excluding hydrogens is 344 g/mol. The van der Waals surface area contributed by atoms with Gasteiger partial charge in [0.1, 0.15) is 0 Å². The van der Waals surface area contributed by atoms with Gasteiger partial charge in [-0.25, -0.2) is 4.98 Å². The van der Waals surface area contributed by atoms with E-state index in [0.717, 1.165) is 51.3 Å². The van der Waals surface area contributed by atoms with E-state index in [2.05, 4.69) is 9.88 Å². The fraction of sp³-hybridized carbons (Fsp3) is 0.750. The van der Waals surface area contributed by atoms with Gasteiger partial charge in [-0.3, -0.25) is 14.2 Å².